The summed E-state index contributed by atoms with van der Waals surface area (Å²) in [6, 6.07) is 0. The highest BCUT2D eigenvalue weighted by Crippen LogP contribution is 2.16. The molecule has 2 nitrogen and oxygen atoms in total. The Morgan fingerprint density at radius 1 is 1.31 bits per heavy atom. The van der Waals surface area contributed by atoms with Crippen LogP contribution < -0.4 is 0 Å². The van der Waals surface area contributed by atoms with E-state index in [1.54, 1.807) is 0 Å². The quantitative estimate of drug-likeness (QED) is 0.589. The Morgan fingerprint density at radius 3 is 2.38 bits per heavy atom. The lowest BCUT2D eigenvalue weighted by molar-refractivity contribution is -0.142. The second kappa shape index (κ2) is 8.09. The van der Waals surface area contributed by atoms with Crippen LogP contribution in [0.15, 0.2) is 0 Å². The lowest BCUT2D eigenvalue weighted by Gasteiger charge is -2.10. The summed E-state index contributed by atoms with van der Waals surface area (Å²) in [5.74, 6) is -0.766. The van der Waals surface area contributed by atoms with Gasteiger partial charge >= 0.3 is 5.97 Å². The summed E-state index contributed by atoms with van der Waals surface area (Å²) in [6.45, 7) is 5.85. The zero-order chi connectivity index (χ0) is 10.1. The molecule has 2 heteroatoms. The minimum absolute atomic E-state index is 0.131. The minimum atomic E-state index is -0.635. The zero-order valence-corrected chi connectivity index (χ0v) is 8.59. The zero-order valence-electron chi connectivity index (χ0n) is 8.59. The molecule has 0 rings (SSSR count). The van der Waals surface area contributed by atoms with Crippen molar-refractivity contribution < 1.29 is 9.90 Å². The molecule has 1 radical (unpaired) electrons. The highest BCUT2D eigenvalue weighted by atomic mass is 16.4. The molecule has 0 aliphatic rings. The number of aliphatic carboxylic acids is 1. The molecular formula is C11H21O2. The van der Waals surface area contributed by atoms with E-state index in [0.29, 0.717) is 0 Å². The number of carboxylic acids is 1. The van der Waals surface area contributed by atoms with Crippen molar-refractivity contribution in [3.05, 3.63) is 6.92 Å². The molecule has 1 atom stereocenters. The van der Waals surface area contributed by atoms with Crippen molar-refractivity contribution in [2.24, 2.45) is 5.92 Å². The van der Waals surface area contributed by atoms with E-state index in [1.807, 2.05) is 0 Å². The van der Waals surface area contributed by atoms with Crippen molar-refractivity contribution in [2.75, 3.05) is 0 Å². The summed E-state index contributed by atoms with van der Waals surface area (Å²) >= 11 is 0. The Balaban J connectivity index is 3.61. The summed E-state index contributed by atoms with van der Waals surface area (Å²) in [6.07, 6.45) is 6.76. The number of carboxylic acid groups (broad SMARTS) is 1. The van der Waals surface area contributed by atoms with Crippen LogP contribution in [-0.2, 0) is 4.79 Å². The van der Waals surface area contributed by atoms with Crippen LogP contribution in [0.2, 0.25) is 0 Å². The van der Waals surface area contributed by atoms with Crippen LogP contribution in [0, 0.1) is 12.8 Å². The van der Waals surface area contributed by atoms with E-state index in [-0.39, 0.29) is 5.92 Å². The standard InChI is InChI=1S/C11H21O2/c1-3-5-7-9-10(11(12)13)8-6-4-2/h10H,2-9H2,1H3,(H,12,13). The molecule has 0 amide bonds. The summed E-state index contributed by atoms with van der Waals surface area (Å²) in [5, 5.41) is 8.88. The van der Waals surface area contributed by atoms with Gasteiger partial charge in [0.1, 0.15) is 0 Å². The van der Waals surface area contributed by atoms with Crippen molar-refractivity contribution in [1.29, 1.82) is 0 Å². The van der Waals surface area contributed by atoms with Crippen LogP contribution in [-0.4, -0.2) is 11.1 Å². The highest BCUT2D eigenvalue weighted by molar-refractivity contribution is 5.69. The summed E-state index contributed by atoms with van der Waals surface area (Å²) in [4.78, 5) is 10.8. The van der Waals surface area contributed by atoms with Crippen LogP contribution in [0.25, 0.3) is 0 Å². The third-order valence-corrected chi connectivity index (χ3v) is 2.31. The van der Waals surface area contributed by atoms with Crippen molar-refractivity contribution in [2.45, 2.75) is 51.9 Å². The predicted molar refractivity (Wildman–Crippen MR) is 54.5 cm³/mol. The van der Waals surface area contributed by atoms with E-state index < -0.39 is 5.97 Å². The van der Waals surface area contributed by atoms with Crippen LogP contribution in [0.4, 0.5) is 0 Å². The molecule has 0 spiro atoms. The van der Waals surface area contributed by atoms with E-state index in [2.05, 4.69) is 13.8 Å². The van der Waals surface area contributed by atoms with Gasteiger partial charge in [-0.1, -0.05) is 46.0 Å². The fraction of sp³-hybridized carbons (Fsp3) is 0.818. The van der Waals surface area contributed by atoms with Crippen molar-refractivity contribution in [1.82, 2.24) is 0 Å². The normalized spacial score (nSPS) is 12.8. The maximum Gasteiger partial charge on any atom is 0.306 e. The fourth-order valence-electron chi connectivity index (χ4n) is 1.42. The summed E-state index contributed by atoms with van der Waals surface area (Å²) < 4.78 is 0. The molecule has 0 aromatic rings. The van der Waals surface area contributed by atoms with Gasteiger partial charge in [0, 0.05) is 0 Å². The first-order valence-electron chi connectivity index (χ1n) is 5.24. The van der Waals surface area contributed by atoms with E-state index in [0.717, 1.165) is 44.9 Å². The molecule has 0 saturated heterocycles. The van der Waals surface area contributed by atoms with Crippen LogP contribution >= 0.6 is 0 Å². The number of unbranched alkanes of at least 4 members (excludes halogenated alkanes) is 3. The Morgan fingerprint density at radius 2 is 1.92 bits per heavy atom. The lowest BCUT2D eigenvalue weighted by atomic mass is 9.96. The van der Waals surface area contributed by atoms with Gasteiger partial charge in [-0.25, -0.2) is 0 Å². The Labute approximate surface area is 81.3 Å². The van der Waals surface area contributed by atoms with Gasteiger partial charge in [0.05, 0.1) is 5.92 Å². The first-order valence-corrected chi connectivity index (χ1v) is 5.24. The molecule has 1 unspecified atom stereocenters. The fourth-order valence-corrected chi connectivity index (χ4v) is 1.42. The maximum atomic E-state index is 10.8. The van der Waals surface area contributed by atoms with Gasteiger partial charge in [-0.3, -0.25) is 4.79 Å². The average molecular weight is 185 g/mol. The molecule has 0 aliphatic carbocycles. The third kappa shape index (κ3) is 6.62. The number of carbonyl (C=O) groups is 1. The minimum Gasteiger partial charge on any atom is -0.481 e. The third-order valence-electron chi connectivity index (χ3n) is 2.31. The first-order chi connectivity index (χ1) is 6.22. The van der Waals surface area contributed by atoms with Crippen LogP contribution in [0.1, 0.15) is 51.9 Å². The lowest BCUT2D eigenvalue weighted by Crippen LogP contribution is -2.13. The monoisotopic (exact) mass is 185 g/mol. The Bertz CT molecular complexity index is 132. The van der Waals surface area contributed by atoms with Crippen molar-refractivity contribution in [3.63, 3.8) is 0 Å². The predicted octanol–water partition coefficient (Wildman–Crippen LogP) is 3.27. The second-order valence-corrected chi connectivity index (χ2v) is 3.53. The molecule has 77 valence electrons. The largest absolute Gasteiger partial charge is 0.481 e. The van der Waals surface area contributed by atoms with Gasteiger partial charge in [-0.15, -0.1) is 0 Å². The van der Waals surface area contributed by atoms with Gasteiger partial charge in [-0.05, 0) is 12.8 Å². The number of rotatable bonds is 8. The average Bonchev–Trinajstić information content (AvgIpc) is 2.10. The maximum absolute atomic E-state index is 10.8. The molecule has 0 aliphatic heterocycles. The summed E-state index contributed by atoms with van der Waals surface area (Å²) in [7, 11) is 0. The Hall–Kier alpha value is -0.530. The van der Waals surface area contributed by atoms with E-state index in [4.69, 9.17) is 5.11 Å². The molecule has 0 fully saturated rings. The molecular weight excluding hydrogens is 164 g/mol. The van der Waals surface area contributed by atoms with Crippen LogP contribution in [0.3, 0.4) is 0 Å². The number of hydrogen-bond acceptors (Lipinski definition) is 1. The van der Waals surface area contributed by atoms with Crippen molar-refractivity contribution in [3.8, 4) is 0 Å². The summed E-state index contributed by atoms with van der Waals surface area (Å²) in [5.41, 5.74) is 0. The molecule has 0 aromatic carbocycles. The molecule has 0 bridgehead atoms. The van der Waals surface area contributed by atoms with Crippen LogP contribution in [0.5, 0.6) is 0 Å². The highest BCUT2D eigenvalue weighted by Gasteiger charge is 2.15. The smallest absolute Gasteiger partial charge is 0.306 e. The van der Waals surface area contributed by atoms with Gasteiger partial charge in [0.2, 0.25) is 0 Å². The topological polar surface area (TPSA) is 37.3 Å². The molecule has 0 saturated carbocycles. The van der Waals surface area contributed by atoms with Gasteiger partial charge in [-0.2, -0.15) is 0 Å². The molecule has 13 heavy (non-hydrogen) atoms. The van der Waals surface area contributed by atoms with E-state index >= 15 is 0 Å². The number of hydrogen-bond donors (Lipinski definition) is 1. The van der Waals surface area contributed by atoms with Crippen molar-refractivity contribution >= 4 is 5.97 Å². The Kier molecular flexibility index (Phi) is 7.76. The van der Waals surface area contributed by atoms with Gasteiger partial charge < -0.3 is 5.11 Å². The van der Waals surface area contributed by atoms with E-state index in [9.17, 15) is 4.79 Å². The first kappa shape index (κ1) is 12.5. The molecule has 0 heterocycles. The SMILES string of the molecule is [CH2]CCCC(CCCCC)C(=O)O. The molecule has 1 N–H and O–H groups in total. The van der Waals surface area contributed by atoms with Gasteiger partial charge in [0.25, 0.3) is 0 Å². The van der Waals surface area contributed by atoms with Gasteiger partial charge in [0.15, 0.2) is 0 Å². The molecule has 0 aromatic heterocycles. The van der Waals surface area contributed by atoms with E-state index in [1.165, 1.54) is 0 Å². The second-order valence-electron chi connectivity index (χ2n) is 3.53.